The van der Waals surface area contributed by atoms with E-state index in [9.17, 15) is 18.0 Å². The van der Waals surface area contributed by atoms with E-state index in [0.29, 0.717) is 13.1 Å². The number of nitrogens with one attached hydrogen (secondary N) is 1. The highest BCUT2D eigenvalue weighted by Gasteiger charge is 2.29. The van der Waals surface area contributed by atoms with Gasteiger partial charge in [0, 0.05) is 31.7 Å². The summed E-state index contributed by atoms with van der Waals surface area (Å²) in [6.45, 7) is 6.49. The van der Waals surface area contributed by atoms with Gasteiger partial charge in [-0.25, -0.2) is 13.2 Å². The summed E-state index contributed by atoms with van der Waals surface area (Å²) in [4.78, 5) is 28.5. The van der Waals surface area contributed by atoms with Crippen molar-refractivity contribution in [2.45, 2.75) is 31.3 Å². The molecule has 1 fully saturated rings. The molecule has 0 spiro atoms. The molecule has 0 radical (unpaired) electrons. The summed E-state index contributed by atoms with van der Waals surface area (Å²) in [6.07, 6.45) is -0.441. The summed E-state index contributed by atoms with van der Waals surface area (Å²) < 4.78 is 28.9. The average Bonchev–Trinajstić information content (AvgIpc) is 2.60. The molecule has 0 saturated carbocycles. The molecule has 11 heteroatoms. The number of sulfonamides is 1. The summed E-state index contributed by atoms with van der Waals surface area (Å²) in [7, 11) is -4.22. The van der Waals surface area contributed by atoms with Crippen molar-refractivity contribution in [3.05, 3.63) is 28.8 Å². The predicted molar refractivity (Wildman–Crippen MR) is 97.3 cm³/mol. The molecular weight excluding hydrogens is 398 g/mol. The van der Waals surface area contributed by atoms with Gasteiger partial charge >= 0.3 is 6.09 Å². The molecule has 9 nitrogen and oxygen atoms in total. The number of carbonyl (C=O) groups excluding carboxylic acids is 2. The van der Waals surface area contributed by atoms with E-state index >= 15 is 0 Å². The van der Waals surface area contributed by atoms with Crippen molar-refractivity contribution in [3.63, 3.8) is 0 Å². The average molecular weight is 420 g/mol. The standard InChI is InChI=1S/C16H22ClN3O6S/c1-16(2,3)26-15(22)20-8-6-19(7-9-20)14(21)11-4-5-12(17)13(10-11)27(24,25)18-23/h4-5,10,18,23H,6-9H2,1-3H3. The second kappa shape index (κ2) is 8.01. The highest BCUT2D eigenvalue weighted by atomic mass is 35.5. The smallest absolute Gasteiger partial charge is 0.410 e. The molecule has 2 rings (SSSR count). The molecule has 1 aliphatic rings. The van der Waals surface area contributed by atoms with Gasteiger partial charge in [-0.15, -0.1) is 0 Å². The minimum Gasteiger partial charge on any atom is -0.444 e. The van der Waals surface area contributed by atoms with Crippen molar-refractivity contribution in [2.75, 3.05) is 26.2 Å². The Balaban J connectivity index is 2.08. The molecule has 1 aromatic rings. The third kappa shape index (κ3) is 5.32. The van der Waals surface area contributed by atoms with Crippen molar-refractivity contribution in [2.24, 2.45) is 0 Å². The van der Waals surface area contributed by atoms with Gasteiger partial charge < -0.3 is 19.7 Å². The maximum atomic E-state index is 12.7. The van der Waals surface area contributed by atoms with Gasteiger partial charge in [-0.3, -0.25) is 4.79 Å². The van der Waals surface area contributed by atoms with Gasteiger partial charge in [-0.1, -0.05) is 16.5 Å². The van der Waals surface area contributed by atoms with E-state index in [1.165, 1.54) is 26.8 Å². The van der Waals surface area contributed by atoms with Crippen LogP contribution >= 0.6 is 11.6 Å². The van der Waals surface area contributed by atoms with Crippen LogP contribution in [0.5, 0.6) is 0 Å². The Bertz CT molecular complexity index is 829. The van der Waals surface area contributed by atoms with E-state index in [1.807, 2.05) is 0 Å². The van der Waals surface area contributed by atoms with E-state index in [0.717, 1.165) is 6.07 Å². The Morgan fingerprint density at radius 1 is 1.15 bits per heavy atom. The van der Waals surface area contributed by atoms with E-state index < -0.39 is 32.5 Å². The zero-order valence-corrected chi connectivity index (χ0v) is 16.8. The van der Waals surface area contributed by atoms with Crippen LogP contribution in [0, 0.1) is 0 Å². The molecule has 1 aromatic carbocycles. The number of benzene rings is 1. The quantitative estimate of drug-likeness (QED) is 0.720. The normalized spacial score (nSPS) is 15.6. The molecule has 1 heterocycles. The van der Waals surface area contributed by atoms with Gasteiger partial charge in [0.05, 0.1) is 5.02 Å². The van der Waals surface area contributed by atoms with Gasteiger partial charge in [-0.2, -0.15) is 0 Å². The SMILES string of the molecule is CC(C)(C)OC(=O)N1CCN(C(=O)c2ccc(Cl)c(S(=O)(=O)NO)c2)CC1. The lowest BCUT2D eigenvalue weighted by molar-refractivity contribution is 0.0141. The Kier molecular flexibility index (Phi) is 6.35. The van der Waals surface area contributed by atoms with Crippen LogP contribution < -0.4 is 4.89 Å². The molecule has 27 heavy (non-hydrogen) atoms. The highest BCUT2D eigenvalue weighted by molar-refractivity contribution is 7.89. The van der Waals surface area contributed by atoms with E-state index in [-0.39, 0.29) is 23.7 Å². The number of carbonyl (C=O) groups is 2. The fraction of sp³-hybridized carbons (Fsp3) is 0.500. The number of halogens is 1. The maximum Gasteiger partial charge on any atom is 0.410 e. The zero-order valence-electron chi connectivity index (χ0n) is 15.2. The zero-order chi connectivity index (χ0) is 20.4. The lowest BCUT2D eigenvalue weighted by atomic mass is 10.2. The van der Waals surface area contributed by atoms with Crippen molar-refractivity contribution >= 4 is 33.6 Å². The summed E-state index contributed by atoms with van der Waals surface area (Å²) in [5, 5.41) is 8.65. The first-order valence-electron chi connectivity index (χ1n) is 8.17. The molecule has 2 amide bonds. The van der Waals surface area contributed by atoms with Crippen LogP contribution in [0.2, 0.25) is 5.02 Å². The first-order valence-corrected chi connectivity index (χ1v) is 10.0. The van der Waals surface area contributed by atoms with Gasteiger partial charge in [0.25, 0.3) is 15.9 Å². The summed E-state index contributed by atoms with van der Waals surface area (Å²) in [5.41, 5.74) is -0.491. The minimum atomic E-state index is -4.22. The van der Waals surface area contributed by atoms with Crippen molar-refractivity contribution in [1.82, 2.24) is 14.7 Å². The van der Waals surface area contributed by atoms with Crippen molar-refractivity contribution in [1.29, 1.82) is 0 Å². The molecule has 150 valence electrons. The number of piperazine rings is 1. The minimum absolute atomic E-state index is 0.110. The number of amides is 2. The van der Waals surface area contributed by atoms with E-state index in [2.05, 4.69) is 0 Å². The Labute approximate surface area is 162 Å². The number of rotatable bonds is 3. The molecule has 0 bridgehead atoms. The van der Waals surface area contributed by atoms with Crippen LogP contribution in [-0.4, -0.2) is 67.2 Å². The van der Waals surface area contributed by atoms with Crippen LogP contribution in [0.3, 0.4) is 0 Å². The van der Waals surface area contributed by atoms with Crippen LogP contribution in [0.4, 0.5) is 4.79 Å². The third-order valence-corrected chi connectivity index (χ3v) is 5.41. The number of nitrogens with zero attached hydrogens (tertiary/aromatic N) is 2. The number of hydrogen-bond donors (Lipinski definition) is 2. The summed E-state index contributed by atoms with van der Waals surface area (Å²) >= 11 is 5.84. The molecule has 1 aliphatic heterocycles. The largest absolute Gasteiger partial charge is 0.444 e. The lowest BCUT2D eigenvalue weighted by Crippen LogP contribution is -2.51. The van der Waals surface area contributed by atoms with E-state index in [4.69, 9.17) is 21.5 Å². The van der Waals surface area contributed by atoms with Gasteiger partial charge in [0.2, 0.25) is 0 Å². The summed E-state index contributed by atoms with van der Waals surface area (Å²) in [5.74, 6) is -0.398. The van der Waals surface area contributed by atoms with Crippen LogP contribution in [0.15, 0.2) is 23.1 Å². The second-order valence-corrected chi connectivity index (χ2v) is 9.04. The molecule has 2 N–H and O–H groups in total. The fourth-order valence-corrected chi connectivity index (χ4v) is 3.62. The van der Waals surface area contributed by atoms with Gasteiger partial charge in [0.15, 0.2) is 0 Å². The molecule has 1 saturated heterocycles. The molecule has 0 aromatic heterocycles. The molecule has 0 unspecified atom stereocenters. The van der Waals surface area contributed by atoms with Crippen molar-refractivity contribution < 1.29 is 28.0 Å². The molecule has 0 aliphatic carbocycles. The fourth-order valence-electron chi connectivity index (χ4n) is 2.49. The van der Waals surface area contributed by atoms with Gasteiger partial charge in [-0.05, 0) is 39.0 Å². The predicted octanol–water partition coefficient (Wildman–Crippen LogP) is 1.70. The van der Waals surface area contributed by atoms with Crippen LogP contribution in [0.25, 0.3) is 0 Å². The monoisotopic (exact) mass is 419 g/mol. The molecular formula is C16H22ClN3O6S. The maximum absolute atomic E-state index is 12.7. The van der Waals surface area contributed by atoms with Crippen molar-refractivity contribution in [3.8, 4) is 0 Å². The molecule has 0 atom stereocenters. The van der Waals surface area contributed by atoms with Crippen LogP contribution in [0.1, 0.15) is 31.1 Å². The number of ether oxygens (including phenoxy) is 1. The van der Waals surface area contributed by atoms with Gasteiger partial charge in [0.1, 0.15) is 10.5 Å². The summed E-state index contributed by atoms with van der Waals surface area (Å²) in [6, 6.07) is 3.78. The lowest BCUT2D eigenvalue weighted by Gasteiger charge is -2.35. The first kappa shape index (κ1) is 21.4. The van der Waals surface area contributed by atoms with E-state index in [1.54, 1.807) is 20.8 Å². The number of hydrogen-bond acceptors (Lipinski definition) is 6. The van der Waals surface area contributed by atoms with Crippen LogP contribution in [-0.2, 0) is 14.8 Å². The third-order valence-electron chi connectivity index (χ3n) is 3.81. The Hall–Kier alpha value is -1.88. The second-order valence-electron chi connectivity index (χ2n) is 7.00. The topological polar surface area (TPSA) is 116 Å². The highest BCUT2D eigenvalue weighted by Crippen LogP contribution is 2.23. The Morgan fingerprint density at radius 2 is 1.70 bits per heavy atom. The Morgan fingerprint density at radius 3 is 2.22 bits per heavy atom. The first-order chi connectivity index (χ1) is 12.4.